The number of rotatable bonds is 2. The first-order chi connectivity index (χ1) is 7.66. The molecule has 88 valence electrons. The molecule has 1 fully saturated rings. The summed E-state index contributed by atoms with van der Waals surface area (Å²) in [5, 5.41) is 3.14. The van der Waals surface area contributed by atoms with Gasteiger partial charge in [-0.15, -0.1) is 0 Å². The number of hydrogen-bond donors (Lipinski definition) is 1. The zero-order chi connectivity index (χ0) is 11.5. The van der Waals surface area contributed by atoms with Gasteiger partial charge in [-0.1, -0.05) is 0 Å². The minimum Gasteiger partial charge on any atom is -0.490 e. The van der Waals surface area contributed by atoms with Crippen LogP contribution >= 0.6 is 0 Å². The van der Waals surface area contributed by atoms with Crippen LogP contribution in [0.15, 0.2) is 12.1 Å². The standard InChI is InChI=1S/C11H12F3NO/c12-9-5-8(6-10(13)11(9)14)16-7-1-3-15-4-2-7/h5-7,15H,1-4H2. The van der Waals surface area contributed by atoms with Crippen LogP contribution in [0.4, 0.5) is 13.2 Å². The first-order valence-electron chi connectivity index (χ1n) is 5.19. The average Bonchev–Trinajstić information content (AvgIpc) is 2.27. The maximum absolute atomic E-state index is 12.9. The molecule has 1 aliphatic heterocycles. The molecule has 0 aliphatic carbocycles. The van der Waals surface area contributed by atoms with E-state index in [0.29, 0.717) is 0 Å². The van der Waals surface area contributed by atoms with E-state index in [-0.39, 0.29) is 11.9 Å². The minimum atomic E-state index is -1.46. The van der Waals surface area contributed by atoms with Gasteiger partial charge in [-0.2, -0.15) is 0 Å². The monoisotopic (exact) mass is 231 g/mol. The van der Waals surface area contributed by atoms with Crippen molar-refractivity contribution < 1.29 is 17.9 Å². The summed E-state index contributed by atoms with van der Waals surface area (Å²) in [6.07, 6.45) is 1.49. The van der Waals surface area contributed by atoms with Crippen LogP contribution in [0.3, 0.4) is 0 Å². The molecule has 1 aromatic carbocycles. The molecule has 1 heterocycles. The molecule has 5 heteroatoms. The van der Waals surface area contributed by atoms with Gasteiger partial charge < -0.3 is 10.1 Å². The van der Waals surface area contributed by atoms with Gasteiger partial charge in [-0.3, -0.25) is 0 Å². The Morgan fingerprint density at radius 3 is 2.19 bits per heavy atom. The highest BCUT2D eigenvalue weighted by atomic mass is 19.2. The number of ether oxygens (including phenoxy) is 1. The maximum Gasteiger partial charge on any atom is 0.194 e. The molecule has 0 atom stereocenters. The maximum atomic E-state index is 12.9. The average molecular weight is 231 g/mol. The summed E-state index contributed by atoms with van der Waals surface area (Å²) < 4.78 is 43.8. The largest absolute Gasteiger partial charge is 0.490 e. The van der Waals surface area contributed by atoms with Gasteiger partial charge in [0.15, 0.2) is 17.5 Å². The second-order valence-corrected chi connectivity index (χ2v) is 3.77. The van der Waals surface area contributed by atoms with Gasteiger partial charge in [0.1, 0.15) is 11.9 Å². The van der Waals surface area contributed by atoms with Crippen LogP contribution in [0.1, 0.15) is 12.8 Å². The quantitative estimate of drug-likeness (QED) is 0.788. The Kier molecular flexibility index (Phi) is 3.33. The Morgan fingerprint density at radius 1 is 1.06 bits per heavy atom. The molecule has 0 bridgehead atoms. The van der Waals surface area contributed by atoms with Crippen molar-refractivity contribution in [1.29, 1.82) is 0 Å². The molecule has 1 aliphatic rings. The summed E-state index contributed by atoms with van der Waals surface area (Å²) >= 11 is 0. The fourth-order valence-electron chi connectivity index (χ4n) is 1.71. The fraction of sp³-hybridized carbons (Fsp3) is 0.455. The number of piperidine rings is 1. The summed E-state index contributed by atoms with van der Waals surface area (Å²) in [5.74, 6) is -3.85. The Balaban J connectivity index is 2.09. The Labute approximate surface area is 91.4 Å². The summed E-state index contributed by atoms with van der Waals surface area (Å²) in [5.41, 5.74) is 0. The summed E-state index contributed by atoms with van der Waals surface area (Å²) in [4.78, 5) is 0. The van der Waals surface area contributed by atoms with E-state index in [9.17, 15) is 13.2 Å². The molecular weight excluding hydrogens is 219 g/mol. The van der Waals surface area contributed by atoms with Gasteiger partial charge in [0.05, 0.1) is 0 Å². The van der Waals surface area contributed by atoms with Crippen molar-refractivity contribution in [2.45, 2.75) is 18.9 Å². The molecule has 0 radical (unpaired) electrons. The molecule has 1 N–H and O–H groups in total. The molecule has 2 nitrogen and oxygen atoms in total. The van der Waals surface area contributed by atoms with Gasteiger partial charge in [0, 0.05) is 12.1 Å². The van der Waals surface area contributed by atoms with Crippen LogP contribution in [0.25, 0.3) is 0 Å². The third kappa shape index (κ3) is 2.47. The molecule has 1 saturated heterocycles. The lowest BCUT2D eigenvalue weighted by atomic mass is 10.1. The van der Waals surface area contributed by atoms with Gasteiger partial charge >= 0.3 is 0 Å². The van der Waals surface area contributed by atoms with E-state index in [2.05, 4.69) is 5.32 Å². The topological polar surface area (TPSA) is 21.3 Å². The zero-order valence-electron chi connectivity index (χ0n) is 8.60. The lowest BCUT2D eigenvalue weighted by molar-refractivity contribution is 0.161. The molecular formula is C11H12F3NO. The molecule has 0 spiro atoms. The van der Waals surface area contributed by atoms with Gasteiger partial charge in [-0.25, -0.2) is 13.2 Å². The number of nitrogens with one attached hydrogen (secondary N) is 1. The van der Waals surface area contributed by atoms with E-state index in [1.807, 2.05) is 0 Å². The molecule has 16 heavy (non-hydrogen) atoms. The van der Waals surface area contributed by atoms with Crippen molar-refractivity contribution in [3.8, 4) is 5.75 Å². The van der Waals surface area contributed by atoms with Crippen molar-refractivity contribution in [1.82, 2.24) is 5.32 Å². The van der Waals surface area contributed by atoms with E-state index in [4.69, 9.17) is 4.74 Å². The zero-order valence-corrected chi connectivity index (χ0v) is 8.60. The third-order valence-electron chi connectivity index (χ3n) is 2.55. The smallest absolute Gasteiger partial charge is 0.194 e. The normalized spacial score (nSPS) is 17.4. The van der Waals surface area contributed by atoms with Crippen LogP contribution in [0.5, 0.6) is 5.75 Å². The molecule has 0 aromatic heterocycles. The van der Waals surface area contributed by atoms with Crippen LogP contribution in [-0.4, -0.2) is 19.2 Å². The molecule has 2 rings (SSSR count). The van der Waals surface area contributed by atoms with Crippen molar-refractivity contribution >= 4 is 0 Å². The predicted molar refractivity (Wildman–Crippen MR) is 52.8 cm³/mol. The van der Waals surface area contributed by atoms with E-state index < -0.39 is 17.5 Å². The molecule has 0 saturated carbocycles. The fourth-order valence-corrected chi connectivity index (χ4v) is 1.71. The summed E-state index contributed by atoms with van der Waals surface area (Å²) in [6, 6.07) is 1.75. The second-order valence-electron chi connectivity index (χ2n) is 3.77. The first kappa shape index (κ1) is 11.3. The van der Waals surface area contributed by atoms with E-state index in [1.165, 1.54) is 0 Å². The lowest BCUT2D eigenvalue weighted by Crippen LogP contribution is -2.34. The lowest BCUT2D eigenvalue weighted by Gasteiger charge is -2.23. The van der Waals surface area contributed by atoms with E-state index >= 15 is 0 Å². The van der Waals surface area contributed by atoms with Crippen molar-refractivity contribution in [3.63, 3.8) is 0 Å². The third-order valence-corrected chi connectivity index (χ3v) is 2.55. The van der Waals surface area contributed by atoms with Crippen molar-refractivity contribution in [3.05, 3.63) is 29.6 Å². The predicted octanol–water partition coefficient (Wildman–Crippen LogP) is 2.23. The number of hydrogen-bond acceptors (Lipinski definition) is 2. The SMILES string of the molecule is Fc1cc(OC2CCNCC2)cc(F)c1F. The Bertz CT molecular complexity index is 354. The molecule has 0 amide bonds. The van der Waals surface area contributed by atoms with Crippen LogP contribution in [-0.2, 0) is 0 Å². The van der Waals surface area contributed by atoms with Crippen LogP contribution < -0.4 is 10.1 Å². The minimum absolute atomic E-state index is 0.0447. The first-order valence-corrected chi connectivity index (χ1v) is 5.19. The van der Waals surface area contributed by atoms with Gasteiger partial charge in [0.2, 0.25) is 0 Å². The van der Waals surface area contributed by atoms with Crippen molar-refractivity contribution in [2.75, 3.05) is 13.1 Å². The molecule has 0 unspecified atom stereocenters. The highest BCUT2D eigenvalue weighted by Gasteiger charge is 2.17. The molecule has 1 aromatic rings. The van der Waals surface area contributed by atoms with E-state index in [0.717, 1.165) is 38.1 Å². The second kappa shape index (κ2) is 4.74. The Morgan fingerprint density at radius 2 is 1.62 bits per heavy atom. The number of halogens is 3. The highest BCUT2D eigenvalue weighted by Crippen LogP contribution is 2.22. The van der Waals surface area contributed by atoms with Gasteiger partial charge in [-0.05, 0) is 25.9 Å². The highest BCUT2D eigenvalue weighted by molar-refractivity contribution is 5.25. The summed E-state index contributed by atoms with van der Waals surface area (Å²) in [6.45, 7) is 1.63. The van der Waals surface area contributed by atoms with Crippen LogP contribution in [0, 0.1) is 17.5 Å². The van der Waals surface area contributed by atoms with Crippen LogP contribution in [0.2, 0.25) is 0 Å². The number of benzene rings is 1. The Hall–Kier alpha value is -1.23. The van der Waals surface area contributed by atoms with Gasteiger partial charge in [0.25, 0.3) is 0 Å². The van der Waals surface area contributed by atoms with E-state index in [1.54, 1.807) is 0 Å². The van der Waals surface area contributed by atoms with Crippen molar-refractivity contribution in [2.24, 2.45) is 0 Å². The summed E-state index contributed by atoms with van der Waals surface area (Å²) in [7, 11) is 0.